The zero-order valence-corrected chi connectivity index (χ0v) is 17.1. The number of carbonyl (C=O) groups excluding carboxylic acids is 2. The van der Waals surface area contributed by atoms with Crippen LogP contribution in [0.5, 0.6) is 0 Å². The van der Waals surface area contributed by atoms with E-state index < -0.39 is 0 Å². The number of thiazole rings is 1. The first-order valence-electron chi connectivity index (χ1n) is 8.79. The second-order valence-electron chi connectivity index (χ2n) is 6.20. The number of amides is 2. The lowest BCUT2D eigenvalue weighted by Gasteiger charge is -2.34. The van der Waals surface area contributed by atoms with E-state index in [0.29, 0.717) is 32.6 Å². The number of aromatic nitrogens is 1. The number of fused-ring (bicyclic) bond motifs is 1. The molecule has 0 radical (unpaired) electrons. The Balaban J connectivity index is 1.23. The summed E-state index contributed by atoms with van der Waals surface area (Å²) in [5, 5.41) is 1.91. The first-order chi connectivity index (χ1) is 13.2. The lowest BCUT2D eigenvalue weighted by molar-refractivity contribution is -0.132. The molecule has 0 N–H and O–H groups in total. The number of benzene rings is 1. The molecule has 1 aliphatic rings. The van der Waals surface area contributed by atoms with Gasteiger partial charge in [0.25, 0.3) is 5.91 Å². The van der Waals surface area contributed by atoms with Gasteiger partial charge in [0.05, 0.1) is 15.1 Å². The van der Waals surface area contributed by atoms with Gasteiger partial charge in [-0.2, -0.15) is 0 Å². The summed E-state index contributed by atoms with van der Waals surface area (Å²) >= 11 is 4.77. The van der Waals surface area contributed by atoms with Crippen LogP contribution in [-0.2, 0) is 4.79 Å². The monoisotopic (exact) mass is 417 g/mol. The average Bonchev–Trinajstić information content (AvgIpc) is 3.37. The van der Waals surface area contributed by atoms with E-state index in [0.717, 1.165) is 20.5 Å². The van der Waals surface area contributed by atoms with Gasteiger partial charge in [-0.25, -0.2) is 4.98 Å². The third kappa shape index (κ3) is 4.34. The molecule has 4 rings (SSSR count). The van der Waals surface area contributed by atoms with Gasteiger partial charge in [-0.15, -0.1) is 22.7 Å². The minimum absolute atomic E-state index is 0.0727. The molecule has 0 saturated carbocycles. The van der Waals surface area contributed by atoms with E-state index in [-0.39, 0.29) is 11.8 Å². The molecule has 140 valence electrons. The summed E-state index contributed by atoms with van der Waals surface area (Å²) < 4.78 is 2.19. The molecule has 5 nitrogen and oxygen atoms in total. The number of carbonyl (C=O) groups is 2. The van der Waals surface area contributed by atoms with Crippen molar-refractivity contribution in [3.8, 4) is 0 Å². The first-order valence-corrected chi connectivity index (χ1v) is 11.5. The number of para-hydroxylation sites is 1. The van der Waals surface area contributed by atoms with Gasteiger partial charge in [0, 0.05) is 38.4 Å². The zero-order chi connectivity index (χ0) is 18.6. The molecule has 0 bridgehead atoms. The fraction of sp³-hybridized carbons (Fsp3) is 0.316. The second kappa shape index (κ2) is 8.41. The normalized spacial score (nSPS) is 14.7. The molecule has 3 heterocycles. The molecule has 8 heteroatoms. The van der Waals surface area contributed by atoms with Gasteiger partial charge in [0.1, 0.15) is 0 Å². The molecule has 0 atom stereocenters. The van der Waals surface area contributed by atoms with E-state index in [1.807, 2.05) is 45.5 Å². The molecule has 1 aliphatic heterocycles. The van der Waals surface area contributed by atoms with E-state index >= 15 is 0 Å². The van der Waals surface area contributed by atoms with Crippen molar-refractivity contribution in [2.75, 3.05) is 31.9 Å². The minimum atomic E-state index is 0.0727. The SMILES string of the molecule is O=C(CCSc1nc2ccccc2s1)N1CCN(C(=O)c2cccs2)CC1. The molecule has 2 amide bonds. The van der Waals surface area contributed by atoms with Crippen LogP contribution in [0.1, 0.15) is 16.1 Å². The molecule has 0 unspecified atom stereocenters. The van der Waals surface area contributed by atoms with Gasteiger partial charge in [-0.05, 0) is 23.6 Å². The summed E-state index contributed by atoms with van der Waals surface area (Å²) in [6, 6.07) is 11.8. The maximum atomic E-state index is 12.5. The molecule has 27 heavy (non-hydrogen) atoms. The van der Waals surface area contributed by atoms with Crippen molar-refractivity contribution >= 4 is 56.5 Å². The summed E-state index contributed by atoms with van der Waals surface area (Å²) in [6.07, 6.45) is 0.499. The smallest absolute Gasteiger partial charge is 0.264 e. The number of rotatable bonds is 5. The quantitative estimate of drug-likeness (QED) is 0.592. The van der Waals surface area contributed by atoms with Crippen molar-refractivity contribution in [3.63, 3.8) is 0 Å². The number of hydrogen-bond donors (Lipinski definition) is 0. The van der Waals surface area contributed by atoms with Crippen molar-refractivity contribution in [3.05, 3.63) is 46.7 Å². The summed E-state index contributed by atoms with van der Waals surface area (Å²) in [5.41, 5.74) is 1.02. The van der Waals surface area contributed by atoms with Crippen molar-refractivity contribution in [1.82, 2.24) is 14.8 Å². The summed E-state index contributed by atoms with van der Waals surface area (Å²) in [5.74, 6) is 0.961. The molecule has 1 saturated heterocycles. The van der Waals surface area contributed by atoms with Crippen molar-refractivity contribution in [1.29, 1.82) is 0 Å². The Kier molecular flexibility index (Phi) is 5.75. The van der Waals surface area contributed by atoms with Crippen LogP contribution < -0.4 is 0 Å². The van der Waals surface area contributed by atoms with Crippen LogP contribution in [0.3, 0.4) is 0 Å². The van der Waals surface area contributed by atoms with E-state index in [9.17, 15) is 9.59 Å². The Morgan fingerprint density at radius 3 is 2.56 bits per heavy atom. The van der Waals surface area contributed by atoms with Crippen LogP contribution in [-0.4, -0.2) is 58.5 Å². The minimum Gasteiger partial charge on any atom is -0.339 e. The van der Waals surface area contributed by atoms with E-state index in [2.05, 4.69) is 11.1 Å². The van der Waals surface area contributed by atoms with Gasteiger partial charge in [0.2, 0.25) is 5.91 Å². The van der Waals surface area contributed by atoms with E-state index in [4.69, 9.17) is 0 Å². The Labute approximate surface area is 170 Å². The molecule has 3 aromatic rings. The van der Waals surface area contributed by atoms with Gasteiger partial charge >= 0.3 is 0 Å². The van der Waals surface area contributed by atoms with Gasteiger partial charge in [0.15, 0.2) is 4.34 Å². The molecule has 1 aromatic carbocycles. The highest BCUT2D eigenvalue weighted by Gasteiger charge is 2.25. The Morgan fingerprint density at radius 2 is 1.81 bits per heavy atom. The number of piperazine rings is 1. The van der Waals surface area contributed by atoms with Gasteiger partial charge in [-0.3, -0.25) is 9.59 Å². The van der Waals surface area contributed by atoms with Gasteiger partial charge < -0.3 is 9.80 Å². The van der Waals surface area contributed by atoms with Crippen molar-refractivity contribution in [2.45, 2.75) is 10.8 Å². The average molecular weight is 418 g/mol. The summed E-state index contributed by atoms with van der Waals surface area (Å²) in [6.45, 7) is 2.43. The van der Waals surface area contributed by atoms with E-state index in [1.54, 1.807) is 23.1 Å². The molecule has 1 fully saturated rings. The van der Waals surface area contributed by atoms with Crippen LogP contribution >= 0.6 is 34.4 Å². The standard InChI is InChI=1S/C19H19N3O2S3/c23-17(7-13-26-19-20-14-4-1-2-5-15(14)27-19)21-8-10-22(11-9-21)18(24)16-6-3-12-25-16/h1-6,12H,7-11,13H2. The zero-order valence-electron chi connectivity index (χ0n) is 14.7. The fourth-order valence-electron chi connectivity index (χ4n) is 3.01. The number of thiophene rings is 1. The maximum Gasteiger partial charge on any atom is 0.264 e. The third-order valence-electron chi connectivity index (χ3n) is 4.47. The highest BCUT2D eigenvalue weighted by atomic mass is 32.2. The molecule has 0 aliphatic carbocycles. The Hall–Kier alpha value is -1.90. The number of thioether (sulfide) groups is 1. The number of nitrogens with zero attached hydrogens (tertiary/aromatic N) is 3. The van der Waals surface area contributed by atoms with Crippen molar-refractivity contribution < 1.29 is 9.59 Å². The van der Waals surface area contributed by atoms with Crippen LogP contribution in [0.25, 0.3) is 10.2 Å². The van der Waals surface area contributed by atoms with E-state index in [1.165, 1.54) is 16.0 Å². The Bertz CT molecular complexity index is 898. The molecular weight excluding hydrogens is 398 g/mol. The predicted octanol–water partition coefficient (Wildman–Crippen LogP) is 3.82. The molecule has 2 aromatic heterocycles. The third-order valence-corrected chi connectivity index (χ3v) is 7.51. The highest BCUT2D eigenvalue weighted by Crippen LogP contribution is 2.29. The van der Waals surface area contributed by atoms with Gasteiger partial charge in [-0.1, -0.05) is 30.0 Å². The fourth-order valence-corrected chi connectivity index (χ4v) is 5.77. The maximum absolute atomic E-state index is 12.5. The predicted molar refractivity (Wildman–Crippen MR) is 112 cm³/mol. The van der Waals surface area contributed by atoms with Crippen LogP contribution in [0.2, 0.25) is 0 Å². The van der Waals surface area contributed by atoms with Crippen LogP contribution in [0.4, 0.5) is 0 Å². The highest BCUT2D eigenvalue weighted by molar-refractivity contribution is 8.01. The molecule has 0 spiro atoms. The lowest BCUT2D eigenvalue weighted by Crippen LogP contribution is -2.50. The summed E-state index contributed by atoms with van der Waals surface area (Å²) in [7, 11) is 0. The number of hydrogen-bond acceptors (Lipinski definition) is 6. The van der Waals surface area contributed by atoms with Crippen LogP contribution in [0, 0.1) is 0 Å². The van der Waals surface area contributed by atoms with Crippen LogP contribution in [0.15, 0.2) is 46.1 Å². The second-order valence-corrected chi connectivity index (χ2v) is 9.52. The lowest BCUT2D eigenvalue weighted by atomic mass is 10.2. The first kappa shape index (κ1) is 18.5. The Morgan fingerprint density at radius 1 is 1.04 bits per heavy atom. The largest absolute Gasteiger partial charge is 0.339 e. The summed E-state index contributed by atoms with van der Waals surface area (Å²) in [4.78, 5) is 33.9. The van der Waals surface area contributed by atoms with Crippen molar-refractivity contribution in [2.24, 2.45) is 0 Å². The molecular formula is C19H19N3O2S3. The topological polar surface area (TPSA) is 53.5 Å².